The predicted molar refractivity (Wildman–Crippen MR) is 87.7 cm³/mol. The fourth-order valence-electron chi connectivity index (χ4n) is 2.53. The first-order valence-corrected chi connectivity index (χ1v) is 7.40. The highest BCUT2D eigenvalue weighted by molar-refractivity contribution is 5.94. The van der Waals surface area contributed by atoms with Crippen LogP contribution in [0.3, 0.4) is 0 Å². The number of benzene rings is 1. The molecule has 0 bridgehead atoms. The van der Waals surface area contributed by atoms with Crippen LogP contribution in [0.25, 0.3) is 11.3 Å². The third kappa shape index (κ3) is 2.98. The average molecular weight is 324 g/mol. The highest BCUT2D eigenvalue weighted by Gasteiger charge is 2.19. The quantitative estimate of drug-likeness (QED) is 0.829. The molecule has 1 amide bonds. The van der Waals surface area contributed by atoms with Gasteiger partial charge in [0.2, 0.25) is 5.95 Å². The second-order valence-corrected chi connectivity index (χ2v) is 5.28. The number of nitriles is 1. The number of amides is 1. The Hall–Kier alpha value is -3.18. The molecule has 2 heterocycles. The van der Waals surface area contributed by atoms with E-state index in [-0.39, 0.29) is 23.2 Å². The van der Waals surface area contributed by atoms with E-state index in [4.69, 9.17) is 16.2 Å². The van der Waals surface area contributed by atoms with E-state index in [1.165, 1.54) is 0 Å². The number of anilines is 2. The summed E-state index contributed by atoms with van der Waals surface area (Å²) in [6.07, 6.45) is 0. The van der Waals surface area contributed by atoms with Crippen LogP contribution in [0.2, 0.25) is 0 Å². The molecule has 0 radical (unpaired) electrons. The summed E-state index contributed by atoms with van der Waals surface area (Å²) < 4.78 is 5.25. The summed E-state index contributed by atoms with van der Waals surface area (Å²) >= 11 is 0. The minimum atomic E-state index is -0.0490. The second kappa shape index (κ2) is 6.52. The van der Waals surface area contributed by atoms with Gasteiger partial charge in [0, 0.05) is 24.2 Å². The van der Waals surface area contributed by atoms with Crippen molar-refractivity contribution in [2.24, 2.45) is 0 Å². The zero-order chi connectivity index (χ0) is 17.1. The van der Waals surface area contributed by atoms with E-state index in [9.17, 15) is 10.1 Å². The van der Waals surface area contributed by atoms with Gasteiger partial charge in [0.1, 0.15) is 17.5 Å². The molecule has 2 aromatic rings. The Morgan fingerprint density at radius 3 is 2.46 bits per heavy atom. The number of aromatic nitrogens is 2. The molecule has 4 N–H and O–H groups in total. The van der Waals surface area contributed by atoms with Crippen LogP contribution in [0.1, 0.15) is 15.9 Å². The van der Waals surface area contributed by atoms with Crippen LogP contribution in [0.5, 0.6) is 0 Å². The lowest BCUT2D eigenvalue weighted by molar-refractivity contribution is 0.0303. The van der Waals surface area contributed by atoms with Gasteiger partial charge in [-0.1, -0.05) is 12.1 Å². The Morgan fingerprint density at radius 2 is 1.83 bits per heavy atom. The van der Waals surface area contributed by atoms with Crippen LogP contribution in [0, 0.1) is 11.3 Å². The Labute approximate surface area is 138 Å². The van der Waals surface area contributed by atoms with Gasteiger partial charge in [-0.25, -0.2) is 4.98 Å². The van der Waals surface area contributed by atoms with E-state index in [0.29, 0.717) is 43.1 Å². The minimum Gasteiger partial charge on any atom is -0.382 e. The van der Waals surface area contributed by atoms with Crippen molar-refractivity contribution in [1.29, 1.82) is 5.26 Å². The first-order chi connectivity index (χ1) is 11.6. The molecule has 1 aromatic carbocycles. The van der Waals surface area contributed by atoms with Crippen molar-refractivity contribution in [1.82, 2.24) is 14.9 Å². The van der Waals surface area contributed by atoms with Crippen molar-refractivity contribution in [2.75, 3.05) is 37.8 Å². The van der Waals surface area contributed by atoms with Gasteiger partial charge in [0.15, 0.2) is 0 Å². The molecule has 8 nitrogen and oxygen atoms in total. The van der Waals surface area contributed by atoms with Crippen molar-refractivity contribution in [3.05, 3.63) is 35.4 Å². The molecule has 1 aromatic heterocycles. The molecule has 0 saturated carbocycles. The van der Waals surface area contributed by atoms with Gasteiger partial charge in [-0.3, -0.25) is 4.79 Å². The molecule has 24 heavy (non-hydrogen) atoms. The molecule has 1 aliphatic rings. The molecule has 0 aliphatic carbocycles. The normalized spacial score (nSPS) is 14.2. The summed E-state index contributed by atoms with van der Waals surface area (Å²) in [5.41, 5.74) is 13.1. The molecule has 0 spiro atoms. The number of rotatable bonds is 2. The Kier molecular flexibility index (Phi) is 4.26. The summed E-state index contributed by atoms with van der Waals surface area (Å²) in [5.74, 6) is -0.0180. The predicted octanol–water partition coefficient (Wildman–Crippen LogP) is 0.652. The van der Waals surface area contributed by atoms with E-state index in [0.717, 1.165) is 0 Å². The maximum atomic E-state index is 12.4. The summed E-state index contributed by atoms with van der Waals surface area (Å²) in [4.78, 5) is 22.1. The van der Waals surface area contributed by atoms with Crippen LogP contribution in [0.4, 0.5) is 11.8 Å². The Morgan fingerprint density at radius 1 is 1.17 bits per heavy atom. The maximum Gasteiger partial charge on any atom is 0.254 e. The van der Waals surface area contributed by atoms with Gasteiger partial charge >= 0.3 is 0 Å². The molecule has 1 fully saturated rings. The fraction of sp³-hybridized carbons (Fsp3) is 0.250. The number of carbonyl (C=O) groups excluding carboxylic acids is 1. The number of hydrogen-bond donors (Lipinski definition) is 2. The third-order valence-corrected chi connectivity index (χ3v) is 3.77. The number of nitrogens with zero attached hydrogens (tertiary/aromatic N) is 4. The number of ether oxygens (including phenoxy) is 1. The van der Waals surface area contributed by atoms with E-state index < -0.39 is 0 Å². The Balaban J connectivity index is 1.90. The second-order valence-electron chi connectivity index (χ2n) is 5.28. The van der Waals surface area contributed by atoms with Crippen LogP contribution >= 0.6 is 0 Å². The van der Waals surface area contributed by atoms with Gasteiger partial charge in [0.05, 0.1) is 18.9 Å². The van der Waals surface area contributed by atoms with Gasteiger partial charge in [-0.05, 0) is 12.1 Å². The number of carbonyl (C=O) groups is 1. The van der Waals surface area contributed by atoms with Crippen molar-refractivity contribution in [3.63, 3.8) is 0 Å². The summed E-state index contributed by atoms with van der Waals surface area (Å²) in [5, 5.41) is 9.24. The van der Waals surface area contributed by atoms with Crippen molar-refractivity contribution in [2.45, 2.75) is 0 Å². The lowest BCUT2D eigenvalue weighted by Gasteiger charge is -2.26. The summed E-state index contributed by atoms with van der Waals surface area (Å²) in [7, 11) is 0. The van der Waals surface area contributed by atoms with Crippen LogP contribution < -0.4 is 11.5 Å². The first kappa shape index (κ1) is 15.7. The average Bonchev–Trinajstić information content (AvgIpc) is 2.61. The monoisotopic (exact) mass is 324 g/mol. The standard InChI is InChI=1S/C16H16N6O2/c17-9-12-13(20-16(19)21-14(12)18)10-1-3-11(4-2-10)15(23)22-5-7-24-8-6-22/h1-4H,5-8H2,(H4,18,19,20,21). The van der Waals surface area contributed by atoms with E-state index in [1.807, 2.05) is 6.07 Å². The van der Waals surface area contributed by atoms with Crippen molar-refractivity contribution >= 4 is 17.7 Å². The summed E-state index contributed by atoms with van der Waals surface area (Å²) in [6.45, 7) is 2.26. The van der Waals surface area contributed by atoms with Gasteiger partial charge in [0.25, 0.3) is 5.91 Å². The van der Waals surface area contributed by atoms with Crippen LogP contribution in [-0.4, -0.2) is 47.1 Å². The van der Waals surface area contributed by atoms with E-state index in [1.54, 1.807) is 29.2 Å². The van der Waals surface area contributed by atoms with Gasteiger partial charge in [-0.2, -0.15) is 10.2 Å². The smallest absolute Gasteiger partial charge is 0.254 e. The maximum absolute atomic E-state index is 12.4. The minimum absolute atomic E-state index is 0.00466. The molecule has 0 unspecified atom stereocenters. The highest BCUT2D eigenvalue weighted by Crippen LogP contribution is 2.25. The van der Waals surface area contributed by atoms with Crippen molar-refractivity contribution < 1.29 is 9.53 Å². The molecule has 0 atom stereocenters. The van der Waals surface area contributed by atoms with Crippen LogP contribution in [-0.2, 0) is 4.74 Å². The number of nitrogen functional groups attached to an aromatic ring is 2. The molecule has 1 aliphatic heterocycles. The van der Waals surface area contributed by atoms with Crippen LogP contribution in [0.15, 0.2) is 24.3 Å². The lowest BCUT2D eigenvalue weighted by Crippen LogP contribution is -2.40. The SMILES string of the molecule is N#Cc1c(N)nc(N)nc1-c1ccc(C(=O)N2CCOCC2)cc1. The molecule has 3 rings (SSSR count). The number of hydrogen-bond acceptors (Lipinski definition) is 7. The van der Waals surface area contributed by atoms with E-state index >= 15 is 0 Å². The number of nitrogens with two attached hydrogens (primary N) is 2. The zero-order valence-corrected chi connectivity index (χ0v) is 12.9. The van der Waals surface area contributed by atoms with Gasteiger partial charge < -0.3 is 21.1 Å². The molecule has 1 saturated heterocycles. The van der Waals surface area contributed by atoms with Crippen molar-refractivity contribution in [3.8, 4) is 17.3 Å². The zero-order valence-electron chi connectivity index (χ0n) is 12.9. The summed E-state index contributed by atoms with van der Waals surface area (Å²) in [6, 6.07) is 8.81. The lowest BCUT2D eigenvalue weighted by atomic mass is 10.0. The van der Waals surface area contributed by atoms with Gasteiger partial charge in [-0.15, -0.1) is 0 Å². The third-order valence-electron chi connectivity index (χ3n) is 3.77. The fourth-order valence-corrected chi connectivity index (χ4v) is 2.53. The molecule has 8 heteroatoms. The Bertz CT molecular complexity index is 807. The van der Waals surface area contributed by atoms with E-state index in [2.05, 4.69) is 9.97 Å². The topological polar surface area (TPSA) is 131 Å². The molecular weight excluding hydrogens is 308 g/mol. The molecule has 122 valence electrons. The number of morpholine rings is 1. The molecular formula is C16H16N6O2. The first-order valence-electron chi connectivity index (χ1n) is 7.40. The largest absolute Gasteiger partial charge is 0.382 e. The highest BCUT2D eigenvalue weighted by atomic mass is 16.5.